The van der Waals surface area contributed by atoms with Gasteiger partial charge >= 0.3 is 6.09 Å². The number of anilines is 1. The Balaban J connectivity index is 1.24. The number of fused-ring (bicyclic) bond motifs is 1. The largest absolute Gasteiger partial charge is 0.457 e. The van der Waals surface area contributed by atoms with Gasteiger partial charge in [-0.1, -0.05) is 24.3 Å². The lowest BCUT2D eigenvalue weighted by atomic mass is 9.88. The summed E-state index contributed by atoms with van der Waals surface area (Å²) in [6.07, 6.45) is 2.44. The van der Waals surface area contributed by atoms with E-state index in [0.29, 0.717) is 41.1 Å². The maximum absolute atomic E-state index is 13.2. The smallest absolute Gasteiger partial charge is 0.411 e. The number of carbonyl (C=O) groups excluding carboxylic acids is 3. The molecule has 7 nitrogen and oxygen atoms in total. The molecule has 1 N–H and O–H groups in total. The number of benzene rings is 3. The van der Waals surface area contributed by atoms with Gasteiger partial charge in [0.2, 0.25) is 0 Å². The molecule has 1 aliphatic carbocycles. The molecular weight excluding hydrogens is 487 g/mol. The third-order valence-corrected chi connectivity index (χ3v) is 6.75. The van der Waals surface area contributed by atoms with Gasteiger partial charge in [0.25, 0.3) is 0 Å². The molecule has 0 atom stereocenters. The summed E-state index contributed by atoms with van der Waals surface area (Å²) in [5.41, 5.74) is 1.75. The fourth-order valence-corrected chi connectivity index (χ4v) is 4.41. The first-order valence-corrected chi connectivity index (χ1v) is 12.2. The number of methoxy groups -OCH3 is 1. The minimum atomic E-state index is -0.929. The first-order valence-electron chi connectivity index (χ1n) is 12.2. The monoisotopic (exact) mass is 512 g/mol. The van der Waals surface area contributed by atoms with Crippen LogP contribution in [0.5, 0.6) is 11.5 Å². The summed E-state index contributed by atoms with van der Waals surface area (Å²) in [7, 11) is 1.29. The second-order valence-electron chi connectivity index (χ2n) is 9.31. The second kappa shape index (κ2) is 10.4. The van der Waals surface area contributed by atoms with Gasteiger partial charge in [0.15, 0.2) is 11.6 Å². The van der Waals surface area contributed by atoms with Gasteiger partial charge in [0, 0.05) is 30.1 Å². The van der Waals surface area contributed by atoms with Gasteiger partial charge in [-0.05, 0) is 72.5 Å². The molecule has 1 aromatic heterocycles. The Bertz CT molecular complexity index is 1510. The van der Waals surface area contributed by atoms with Gasteiger partial charge in [-0.25, -0.2) is 9.18 Å². The average molecular weight is 513 g/mol. The van der Waals surface area contributed by atoms with E-state index in [2.05, 4.69) is 15.0 Å². The van der Waals surface area contributed by atoms with Crippen molar-refractivity contribution in [2.24, 2.45) is 5.41 Å². The van der Waals surface area contributed by atoms with Gasteiger partial charge < -0.3 is 9.47 Å². The van der Waals surface area contributed by atoms with E-state index in [1.54, 1.807) is 54.7 Å². The molecular formula is C30H25FN2O5. The van der Waals surface area contributed by atoms with Crippen LogP contribution in [0, 0.1) is 11.2 Å². The summed E-state index contributed by atoms with van der Waals surface area (Å²) in [5, 5.41) is 3.37. The van der Waals surface area contributed by atoms with Crippen LogP contribution >= 0.6 is 0 Å². The molecule has 8 heteroatoms. The number of ether oxygens (including phenoxy) is 2. The average Bonchev–Trinajstić information content (AvgIpc) is 3.73. The third kappa shape index (κ3) is 5.39. The van der Waals surface area contributed by atoms with E-state index in [1.165, 1.54) is 19.2 Å². The number of rotatable bonds is 9. The van der Waals surface area contributed by atoms with Crippen molar-refractivity contribution in [2.75, 3.05) is 12.4 Å². The fraction of sp³-hybridized carbons (Fsp3) is 0.200. The minimum absolute atomic E-state index is 0.0882. The Kier molecular flexibility index (Phi) is 6.87. The molecule has 1 amide bonds. The van der Waals surface area contributed by atoms with Crippen LogP contribution in [0.3, 0.4) is 0 Å². The van der Waals surface area contributed by atoms with Gasteiger partial charge in [0.1, 0.15) is 17.3 Å². The first kappa shape index (κ1) is 25.1. The van der Waals surface area contributed by atoms with Gasteiger partial charge in [-0.2, -0.15) is 0 Å². The highest BCUT2D eigenvalue weighted by Crippen LogP contribution is 2.48. The van der Waals surface area contributed by atoms with Crippen LogP contribution in [-0.2, 0) is 27.2 Å². The highest BCUT2D eigenvalue weighted by molar-refractivity contribution is 6.11. The number of halogens is 1. The molecule has 3 aromatic carbocycles. The van der Waals surface area contributed by atoms with E-state index in [1.807, 2.05) is 12.1 Å². The Labute approximate surface area is 218 Å². The van der Waals surface area contributed by atoms with Gasteiger partial charge in [0.05, 0.1) is 18.0 Å². The lowest BCUT2D eigenvalue weighted by Gasteiger charge is -2.14. The van der Waals surface area contributed by atoms with E-state index in [9.17, 15) is 18.8 Å². The molecule has 0 radical (unpaired) electrons. The van der Waals surface area contributed by atoms with Crippen molar-refractivity contribution < 1.29 is 28.2 Å². The van der Waals surface area contributed by atoms with Crippen LogP contribution in [0.1, 0.15) is 24.0 Å². The van der Waals surface area contributed by atoms with Crippen LogP contribution in [-0.4, -0.2) is 29.8 Å². The summed E-state index contributed by atoms with van der Waals surface area (Å²) in [4.78, 5) is 41.8. The molecule has 5 rings (SSSR count). The van der Waals surface area contributed by atoms with Crippen LogP contribution in [0.4, 0.5) is 14.9 Å². The Hall–Kier alpha value is -4.59. The van der Waals surface area contributed by atoms with Crippen molar-refractivity contribution in [3.8, 4) is 11.5 Å². The quantitative estimate of drug-likeness (QED) is 0.275. The topological polar surface area (TPSA) is 94.6 Å². The number of ketones is 2. The summed E-state index contributed by atoms with van der Waals surface area (Å²) in [6, 6.07) is 20.0. The number of carbonyl (C=O) groups is 3. The van der Waals surface area contributed by atoms with E-state index in [4.69, 9.17) is 4.74 Å². The third-order valence-electron chi connectivity index (χ3n) is 6.75. The maximum Gasteiger partial charge on any atom is 0.411 e. The Morgan fingerprint density at radius 2 is 1.53 bits per heavy atom. The SMILES string of the molecule is COC(=O)Nc1ccc2c(Oc3ccc(CC(=O)C4(C(=O)Cc5ccc(F)cc5)CC4)cc3)ccnc2c1. The lowest BCUT2D eigenvalue weighted by molar-refractivity contribution is -0.133. The number of nitrogens with one attached hydrogen (secondary N) is 1. The molecule has 38 heavy (non-hydrogen) atoms. The minimum Gasteiger partial charge on any atom is -0.457 e. The number of amides is 1. The fourth-order valence-electron chi connectivity index (χ4n) is 4.41. The van der Waals surface area contributed by atoms with Crippen molar-refractivity contribution in [1.82, 2.24) is 4.98 Å². The van der Waals surface area contributed by atoms with E-state index in [0.717, 1.165) is 10.9 Å². The lowest BCUT2D eigenvalue weighted by Crippen LogP contribution is -2.28. The molecule has 0 spiro atoms. The second-order valence-corrected chi connectivity index (χ2v) is 9.31. The first-order chi connectivity index (χ1) is 18.4. The van der Waals surface area contributed by atoms with Crippen molar-refractivity contribution in [3.63, 3.8) is 0 Å². The number of nitrogens with zero attached hydrogens (tertiary/aromatic N) is 1. The van der Waals surface area contributed by atoms with Crippen molar-refractivity contribution >= 4 is 34.3 Å². The van der Waals surface area contributed by atoms with Crippen molar-refractivity contribution in [1.29, 1.82) is 0 Å². The predicted molar refractivity (Wildman–Crippen MR) is 140 cm³/mol. The Morgan fingerprint density at radius 1 is 0.895 bits per heavy atom. The number of Topliss-reactive ketones (excluding diaryl/α,β-unsaturated/α-hetero) is 2. The molecule has 192 valence electrons. The zero-order chi connectivity index (χ0) is 26.7. The molecule has 4 aromatic rings. The van der Waals surface area contributed by atoms with Gasteiger partial charge in [-0.3, -0.25) is 19.9 Å². The number of hydrogen-bond acceptors (Lipinski definition) is 6. The summed E-state index contributed by atoms with van der Waals surface area (Å²) in [6.45, 7) is 0. The zero-order valence-corrected chi connectivity index (χ0v) is 20.7. The van der Waals surface area contributed by atoms with Crippen LogP contribution in [0.2, 0.25) is 0 Å². The molecule has 1 saturated carbocycles. The summed E-state index contributed by atoms with van der Waals surface area (Å²) < 4.78 is 23.8. The van der Waals surface area contributed by atoms with Crippen LogP contribution < -0.4 is 10.1 Å². The Morgan fingerprint density at radius 3 is 2.13 bits per heavy atom. The van der Waals surface area contributed by atoms with Crippen molar-refractivity contribution in [2.45, 2.75) is 25.7 Å². The number of aromatic nitrogens is 1. The van der Waals surface area contributed by atoms with E-state index >= 15 is 0 Å². The predicted octanol–water partition coefficient (Wildman–Crippen LogP) is 6.05. The highest BCUT2D eigenvalue weighted by atomic mass is 19.1. The summed E-state index contributed by atoms with van der Waals surface area (Å²) >= 11 is 0. The summed E-state index contributed by atoms with van der Waals surface area (Å²) in [5.74, 6) is 0.620. The van der Waals surface area contributed by atoms with E-state index < -0.39 is 11.5 Å². The van der Waals surface area contributed by atoms with Crippen molar-refractivity contribution in [3.05, 3.63) is 95.9 Å². The zero-order valence-electron chi connectivity index (χ0n) is 20.7. The molecule has 1 aliphatic rings. The normalized spacial score (nSPS) is 13.5. The van der Waals surface area contributed by atoms with Crippen LogP contribution in [0.25, 0.3) is 10.9 Å². The standard InChI is InChI=1S/C30H25FN2O5/c1-37-29(36)33-22-8-11-24-25(18-22)32-15-12-26(24)38-23-9-4-20(5-10-23)17-28(35)30(13-14-30)27(34)16-19-2-6-21(31)7-3-19/h2-12,15,18H,13-14,16-17H2,1H3,(H,33,36). The molecule has 0 unspecified atom stereocenters. The molecule has 1 heterocycles. The maximum atomic E-state index is 13.2. The highest BCUT2D eigenvalue weighted by Gasteiger charge is 2.54. The van der Waals surface area contributed by atoms with Crippen LogP contribution in [0.15, 0.2) is 79.0 Å². The number of pyridine rings is 1. The molecule has 1 fully saturated rings. The van der Waals surface area contributed by atoms with Gasteiger partial charge in [-0.15, -0.1) is 0 Å². The molecule has 0 bridgehead atoms. The molecule has 0 aliphatic heterocycles. The molecule has 0 saturated heterocycles. The number of hydrogen-bond donors (Lipinski definition) is 1. The van der Waals surface area contributed by atoms with E-state index in [-0.39, 0.29) is 30.2 Å².